The molecule has 0 aliphatic heterocycles. The molecule has 148 valence electrons. The summed E-state index contributed by atoms with van der Waals surface area (Å²) in [6.07, 6.45) is 3.27. The van der Waals surface area contributed by atoms with Crippen LogP contribution in [0.3, 0.4) is 0 Å². The minimum absolute atomic E-state index is 0.0264. The first-order chi connectivity index (χ1) is 14.6. The van der Waals surface area contributed by atoms with Gasteiger partial charge >= 0.3 is 0 Å². The molecule has 0 atom stereocenters. The summed E-state index contributed by atoms with van der Waals surface area (Å²) < 4.78 is 3.55. The highest BCUT2D eigenvalue weighted by Crippen LogP contribution is 2.30. The molecule has 0 unspecified atom stereocenters. The van der Waals surface area contributed by atoms with E-state index >= 15 is 0 Å². The number of aliphatic hydroxyl groups excluding tert-OH is 1. The predicted molar refractivity (Wildman–Crippen MR) is 112 cm³/mol. The van der Waals surface area contributed by atoms with Crippen LogP contribution in [-0.2, 0) is 6.61 Å². The van der Waals surface area contributed by atoms with Crippen LogP contribution in [0.4, 0.5) is 5.82 Å². The summed E-state index contributed by atoms with van der Waals surface area (Å²) in [5, 5.41) is 13.7. The Morgan fingerprint density at radius 3 is 2.53 bits per heavy atom. The Bertz CT molecular complexity index is 1350. The SMILES string of the molecule is Cc1ncn(-c2ccc3nc(-c4cccnc4N)n(-c4ccc(CO)cc4)c3n2)n1. The number of anilines is 1. The van der Waals surface area contributed by atoms with Crippen LogP contribution >= 0.6 is 0 Å². The van der Waals surface area contributed by atoms with Gasteiger partial charge in [-0.25, -0.2) is 24.6 Å². The van der Waals surface area contributed by atoms with Gasteiger partial charge in [-0.3, -0.25) is 4.57 Å². The molecule has 3 N–H and O–H groups in total. The van der Waals surface area contributed by atoms with Crippen LogP contribution in [0.5, 0.6) is 0 Å². The van der Waals surface area contributed by atoms with Crippen LogP contribution in [0.25, 0.3) is 34.1 Å². The first-order valence-electron chi connectivity index (χ1n) is 9.33. The van der Waals surface area contributed by atoms with E-state index in [-0.39, 0.29) is 6.61 Å². The smallest absolute Gasteiger partial charge is 0.167 e. The van der Waals surface area contributed by atoms with Gasteiger partial charge in [0.15, 0.2) is 17.3 Å². The lowest BCUT2D eigenvalue weighted by Crippen LogP contribution is -2.04. The molecule has 0 fully saturated rings. The average Bonchev–Trinajstić information content (AvgIpc) is 3.37. The summed E-state index contributed by atoms with van der Waals surface area (Å²) in [6.45, 7) is 1.80. The molecule has 5 rings (SSSR count). The summed E-state index contributed by atoms with van der Waals surface area (Å²) in [5.74, 6) is 2.30. The summed E-state index contributed by atoms with van der Waals surface area (Å²) >= 11 is 0. The summed E-state index contributed by atoms with van der Waals surface area (Å²) in [6, 6.07) is 15.0. The normalized spacial score (nSPS) is 11.3. The number of nitrogens with two attached hydrogens (primary N) is 1. The molecule has 9 heteroatoms. The fraction of sp³-hybridized carbons (Fsp3) is 0.0952. The van der Waals surface area contributed by atoms with E-state index in [0.29, 0.717) is 40.0 Å². The van der Waals surface area contributed by atoms with E-state index in [1.807, 2.05) is 60.0 Å². The molecule has 1 aromatic carbocycles. The zero-order chi connectivity index (χ0) is 20.7. The van der Waals surface area contributed by atoms with Crippen molar-refractivity contribution < 1.29 is 5.11 Å². The molecule has 0 spiro atoms. The number of fused-ring (bicyclic) bond motifs is 1. The molecule has 0 radical (unpaired) electrons. The van der Waals surface area contributed by atoms with Gasteiger partial charge in [-0.15, -0.1) is 0 Å². The summed E-state index contributed by atoms with van der Waals surface area (Å²) in [4.78, 5) is 18.0. The Morgan fingerprint density at radius 2 is 1.83 bits per heavy atom. The third kappa shape index (κ3) is 2.97. The lowest BCUT2D eigenvalue weighted by atomic mass is 10.2. The standard InChI is InChI=1S/C21H18N8O/c1-13-24-12-28(27-13)18-9-8-17-21(26-18)29(15-6-4-14(11-30)5-7-15)20(25-17)16-3-2-10-23-19(16)22/h2-10,12,30H,11H2,1H3,(H2,22,23). The van der Waals surface area contributed by atoms with Crippen LogP contribution in [0, 0.1) is 6.92 Å². The molecule has 0 bridgehead atoms. The van der Waals surface area contributed by atoms with Gasteiger partial charge in [0.1, 0.15) is 23.5 Å². The van der Waals surface area contributed by atoms with Crippen molar-refractivity contribution in [3.8, 4) is 22.9 Å². The van der Waals surface area contributed by atoms with E-state index in [9.17, 15) is 5.11 Å². The minimum Gasteiger partial charge on any atom is -0.392 e. The molecule has 0 amide bonds. The van der Waals surface area contributed by atoms with Crippen molar-refractivity contribution in [1.29, 1.82) is 0 Å². The monoisotopic (exact) mass is 398 g/mol. The molecule has 0 saturated heterocycles. The van der Waals surface area contributed by atoms with Gasteiger partial charge in [0.05, 0.1) is 12.2 Å². The van der Waals surface area contributed by atoms with E-state index in [0.717, 1.165) is 11.3 Å². The number of aromatic nitrogens is 7. The summed E-state index contributed by atoms with van der Waals surface area (Å²) in [5.41, 5.74) is 9.87. The second kappa shape index (κ2) is 7.05. The Kier molecular flexibility index (Phi) is 4.22. The number of benzene rings is 1. The Labute approximate surface area is 171 Å². The second-order valence-corrected chi connectivity index (χ2v) is 6.78. The van der Waals surface area contributed by atoms with Crippen molar-refractivity contribution in [2.45, 2.75) is 13.5 Å². The maximum absolute atomic E-state index is 9.39. The zero-order valence-electron chi connectivity index (χ0n) is 16.1. The van der Waals surface area contributed by atoms with E-state index in [4.69, 9.17) is 15.7 Å². The highest BCUT2D eigenvalue weighted by atomic mass is 16.3. The summed E-state index contributed by atoms with van der Waals surface area (Å²) in [7, 11) is 0. The zero-order valence-corrected chi connectivity index (χ0v) is 16.1. The lowest BCUT2D eigenvalue weighted by molar-refractivity contribution is 0.282. The quantitative estimate of drug-likeness (QED) is 0.477. The van der Waals surface area contributed by atoms with E-state index in [1.165, 1.54) is 0 Å². The maximum Gasteiger partial charge on any atom is 0.167 e. The van der Waals surface area contributed by atoms with Crippen LogP contribution in [0.2, 0.25) is 0 Å². The first-order valence-corrected chi connectivity index (χ1v) is 9.33. The van der Waals surface area contributed by atoms with Crippen molar-refractivity contribution in [2.75, 3.05) is 5.73 Å². The molecule has 30 heavy (non-hydrogen) atoms. The Balaban J connectivity index is 1.79. The number of nitrogen functional groups attached to an aromatic ring is 1. The van der Waals surface area contributed by atoms with Crippen molar-refractivity contribution in [3.63, 3.8) is 0 Å². The molecule has 0 saturated carbocycles. The number of hydrogen-bond acceptors (Lipinski definition) is 7. The lowest BCUT2D eigenvalue weighted by Gasteiger charge is -2.11. The fourth-order valence-electron chi connectivity index (χ4n) is 3.31. The van der Waals surface area contributed by atoms with E-state index in [1.54, 1.807) is 17.2 Å². The van der Waals surface area contributed by atoms with Gasteiger partial charge in [0.2, 0.25) is 0 Å². The van der Waals surface area contributed by atoms with Crippen molar-refractivity contribution in [1.82, 2.24) is 34.3 Å². The van der Waals surface area contributed by atoms with Crippen molar-refractivity contribution in [3.05, 3.63) is 72.4 Å². The fourth-order valence-corrected chi connectivity index (χ4v) is 3.31. The number of aliphatic hydroxyl groups is 1. The predicted octanol–water partition coefficient (Wildman–Crippen LogP) is 2.45. The first kappa shape index (κ1) is 18.0. The highest BCUT2D eigenvalue weighted by molar-refractivity contribution is 5.83. The largest absolute Gasteiger partial charge is 0.392 e. The van der Waals surface area contributed by atoms with Crippen LogP contribution in [0.15, 0.2) is 61.1 Å². The number of hydrogen-bond donors (Lipinski definition) is 2. The van der Waals surface area contributed by atoms with Crippen molar-refractivity contribution >= 4 is 17.0 Å². The van der Waals surface area contributed by atoms with Crippen LogP contribution < -0.4 is 5.73 Å². The maximum atomic E-state index is 9.39. The molecular weight excluding hydrogens is 380 g/mol. The molecule has 5 aromatic rings. The van der Waals surface area contributed by atoms with Crippen LogP contribution in [0.1, 0.15) is 11.4 Å². The van der Waals surface area contributed by atoms with Crippen LogP contribution in [-0.4, -0.2) is 39.4 Å². The van der Waals surface area contributed by atoms with Gasteiger partial charge in [0.25, 0.3) is 0 Å². The Morgan fingerprint density at radius 1 is 1.00 bits per heavy atom. The number of nitrogens with zero attached hydrogens (tertiary/aromatic N) is 7. The third-order valence-electron chi connectivity index (χ3n) is 4.79. The molecule has 9 nitrogen and oxygen atoms in total. The number of pyridine rings is 2. The van der Waals surface area contributed by atoms with Gasteiger partial charge in [-0.1, -0.05) is 12.1 Å². The van der Waals surface area contributed by atoms with Gasteiger partial charge in [-0.2, -0.15) is 5.10 Å². The number of rotatable bonds is 4. The van der Waals surface area contributed by atoms with Gasteiger partial charge in [0, 0.05) is 11.9 Å². The van der Waals surface area contributed by atoms with Crippen molar-refractivity contribution in [2.24, 2.45) is 0 Å². The number of imidazole rings is 1. The molecule has 0 aliphatic carbocycles. The third-order valence-corrected chi connectivity index (χ3v) is 4.79. The molecule has 4 aromatic heterocycles. The van der Waals surface area contributed by atoms with E-state index < -0.39 is 0 Å². The second-order valence-electron chi connectivity index (χ2n) is 6.78. The minimum atomic E-state index is -0.0264. The molecular formula is C21H18N8O. The Hall–Kier alpha value is -4.11. The van der Waals surface area contributed by atoms with E-state index in [2.05, 4.69) is 15.1 Å². The highest BCUT2D eigenvalue weighted by Gasteiger charge is 2.18. The number of aryl methyl sites for hydroxylation is 1. The van der Waals surface area contributed by atoms with Gasteiger partial charge < -0.3 is 10.8 Å². The average molecular weight is 398 g/mol. The molecule has 4 heterocycles. The topological polar surface area (TPSA) is 121 Å². The molecule has 0 aliphatic rings. The van der Waals surface area contributed by atoms with Gasteiger partial charge in [-0.05, 0) is 48.9 Å².